The van der Waals surface area contributed by atoms with E-state index in [9.17, 15) is 0 Å². The van der Waals surface area contributed by atoms with Crippen LogP contribution in [0.1, 0.15) is 11.1 Å². The van der Waals surface area contributed by atoms with Crippen molar-refractivity contribution in [3.63, 3.8) is 0 Å². The Balaban J connectivity index is 2.86. The molecule has 0 atom stereocenters. The van der Waals surface area contributed by atoms with E-state index in [-0.39, 0.29) is 0 Å². The third kappa shape index (κ3) is 3.02. The quantitative estimate of drug-likeness (QED) is 0.610. The monoisotopic (exact) mass is 310 g/mol. The number of hydrogen-bond acceptors (Lipinski definition) is 1. The van der Waals surface area contributed by atoms with Gasteiger partial charge in [0.25, 0.3) is 0 Å². The molecule has 0 N–H and O–H groups in total. The molecule has 0 radical (unpaired) electrons. The fraction of sp³-hybridized carbons (Fsp3) is 0.400. The zero-order chi connectivity index (χ0) is 9.84. The minimum Gasteiger partial charge on any atom is -0.493 e. The molecule has 13 heavy (non-hydrogen) atoms. The number of halogens is 2. The lowest BCUT2D eigenvalue weighted by Gasteiger charge is -2.08. The van der Waals surface area contributed by atoms with E-state index in [1.54, 1.807) is 0 Å². The molecule has 0 fully saturated rings. The highest BCUT2D eigenvalue weighted by atomic mass is 127. The predicted octanol–water partition coefficient (Wildman–Crippen LogP) is 3.77. The molecule has 0 aromatic heterocycles. The maximum atomic E-state index is 6.03. The van der Waals surface area contributed by atoms with Crippen molar-refractivity contribution >= 4 is 34.2 Å². The van der Waals surface area contributed by atoms with Gasteiger partial charge in [0.15, 0.2) is 0 Å². The number of hydrogen-bond donors (Lipinski definition) is 0. The second-order valence-corrected chi connectivity index (χ2v) is 4.37. The molecular weight excluding hydrogens is 298 g/mol. The summed E-state index contributed by atoms with van der Waals surface area (Å²) >= 11 is 8.31. The number of aryl methyl sites for hydroxylation is 2. The molecule has 0 saturated heterocycles. The zero-order valence-electron chi connectivity index (χ0n) is 7.73. The van der Waals surface area contributed by atoms with Crippen molar-refractivity contribution in [2.75, 3.05) is 11.0 Å². The van der Waals surface area contributed by atoms with Crippen LogP contribution < -0.4 is 4.74 Å². The Kier molecular flexibility index (Phi) is 4.32. The highest BCUT2D eigenvalue weighted by molar-refractivity contribution is 14.1. The number of ether oxygens (including phenoxy) is 1. The highest BCUT2D eigenvalue weighted by Crippen LogP contribution is 2.25. The van der Waals surface area contributed by atoms with E-state index < -0.39 is 0 Å². The smallest absolute Gasteiger partial charge is 0.119 e. The summed E-state index contributed by atoms with van der Waals surface area (Å²) in [4.78, 5) is 0. The van der Waals surface area contributed by atoms with Crippen LogP contribution in [0.5, 0.6) is 5.75 Å². The van der Waals surface area contributed by atoms with Gasteiger partial charge in [-0.05, 0) is 37.1 Å². The van der Waals surface area contributed by atoms with E-state index in [1.165, 1.54) is 0 Å². The molecule has 0 unspecified atom stereocenters. The fourth-order valence-electron chi connectivity index (χ4n) is 1.15. The summed E-state index contributed by atoms with van der Waals surface area (Å²) in [7, 11) is 0. The van der Waals surface area contributed by atoms with Gasteiger partial charge in [0.2, 0.25) is 0 Å². The summed E-state index contributed by atoms with van der Waals surface area (Å²) in [6.07, 6.45) is 0. The minimum absolute atomic E-state index is 0.751. The molecule has 0 aliphatic rings. The van der Waals surface area contributed by atoms with Gasteiger partial charge in [0.1, 0.15) is 5.75 Å². The van der Waals surface area contributed by atoms with Crippen molar-refractivity contribution in [3.8, 4) is 5.75 Å². The molecule has 3 heteroatoms. The first kappa shape index (κ1) is 11.1. The molecule has 1 aromatic rings. The van der Waals surface area contributed by atoms with Gasteiger partial charge in [-0.2, -0.15) is 0 Å². The van der Waals surface area contributed by atoms with E-state index in [1.807, 2.05) is 26.0 Å². The molecule has 0 aliphatic heterocycles. The number of alkyl halides is 1. The van der Waals surface area contributed by atoms with Gasteiger partial charge < -0.3 is 4.74 Å². The van der Waals surface area contributed by atoms with Gasteiger partial charge in [-0.25, -0.2) is 0 Å². The summed E-state index contributed by atoms with van der Waals surface area (Å²) in [5.41, 5.74) is 2.15. The maximum Gasteiger partial charge on any atom is 0.119 e. The van der Waals surface area contributed by atoms with Crippen molar-refractivity contribution in [2.45, 2.75) is 13.8 Å². The summed E-state index contributed by atoms with van der Waals surface area (Å²) in [5, 5.41) is 0.835. The van der Waals surface area contributed by atoms with Gasteiger partial charge in [0.05, 0.1) is 6.61 Å². The third-order valence-electron chi connectivity index (χ3n) is 1.76. The van der Waals surface area contributed by atoms with Crippen molar-refractivity contribution in [1.29, 1.82) is 0 Å². The Morgan fingerprint density at radius 2 is 1.85 bits per heavy atom. The third-order valence-corrected chi connectivity index (χ3v) is 2.79. The van der Waals surface area contributed by atoms with Gasteiger partial charge in [-0.3, -0.25) is 0 Å². The topological polar surface area (TPSA) is 9.23 Å². The van der Waals surface area contributed by atoms with Crippen LogP contribution in [-0.4, -0.2) is 11.0 Å². The van der Waals surface area contributed by atoms with E-state index in [0.717, 1.165) is 32.9 Å². The Morgan fingerprint density at radius 1 is 1.31 bits per heavy atom. The molecule has 72 valence electrons. The van der Waals surface area contributed by atoms with Gasteiger partial charge in [-0.15, -0.1) is 0 Å². The molecule has 0 amide bonds. The normalized spacial score (nSPS) is 10.2. The predicted molar refractivity (Wildman–Crippen MR) is 65.3 cm³/mol. The summed E-state index contributed by atoms with van der Waals surface area (Å²) < 4.78 is 6.50. The lowest BCUT2D eigenvalue weighted by molar-refractivity contribution is 0.346. The van der Waals surface area contributed by atoms with Gasteiger partial charge in [0, 0.05) is 9.45 Å². The molecule has 0 heterocycles. The second kappa shape index (κ2) is 5.05. The molecule has 1 rings (SSSR count). The molecule has 0 saturated carbocycles. The van der Waals surface area contributed by atoms with Crippen LogP contribution in [0.2, 0.25) is 5.02 Å². The first-order valence-corrected chi connectivity index (χ1v) is 6.01. The molecule has 0 bridgehead atoms. The lowest BCUT2D eigenvalue weighted by Crippen LogP contribution is -1.98. The SMILES string of the molecule is Cc1cc(OCCI)cc(C)c1Cl. The van der Waals surface area contributed by atoms with Crippen molar-refractivity contribution in [2.24, 2.45) is 0 Å². The first-order valence-electron chi connectivity index (χ1n) is 4.10. The van der Waals surface area contributed by atoms with Crippen molar-refractivity contribution < 1.29 is 4.74 Å². The average Bonchev–Trinajstić information content (AvgIpc) is 2.10. The van der Waals surface area contributed by atoms with Crippen molar-refractivity contribution in [1.82, 2.24) is 0 Å². The van der Waals surface area contributed by atoms with Crippen LogP contribution >= 0.6 is 34.2 Å². The van der Waals surface area contributed by atoms with Crippen molar-refractivity contribution in [3.05, 3.63) is 28.3 Å². The van der Waals surface area contributed by atoms with E-state index in [4.69, 9.17) is 16.3 Å². The molecule has 0 spiro atoms. The Labute approximate surface area is 97.6 Å². The second-order valence-electron chi connectivity index (χ2n) is 2.91. The number of rotatable bonds is 3. The zero-order valence-corrected chi connectivity index (χ0v) is 10.6. The Bertz CT molecular complexity index is 276. The molecule has 1 nitrogen and oxygen atoms in total. The van der Waals surface area contributed by atoms with Crippen LogP contribution in [-0.2, 0) is 0 Å². The van der Waals surface area contributed by atoms with Crippen LogP contribution in [0.15, 0.2) is 12.1 Å². The summed E-state index contributed by atoms with van der Waals surface area (Å²) in [6.45, 7) is 4.74. The standard InChI is InChI=1S/C10H12ClIO/c1-7-5-9(13-4-3-12)6-8(2)10(7)11/h5-6H,3-4H2,1-2H3. The Hall–Kier alpha value is 0.0400. The highest BCUT2D eigenvalue weighted by Gasteiger charge is 2.02. The lowest BCUT2D eigenvalue weighted by atomic mass is 10.1. The van der Waals surface area contributed by atoms with E-state index >= 15 is 0 Å². The summed E-state index contributed by atoms with van der Waals surface area (Å²) in [5.74, 6) is 0.913. The fourth-order valence-corrected chi connectivity index (χ4v) is 1.48. The molecule has 1 aromatic carbocycles. The van der Waals surface area contributed by atoms with Crippen LogP contribution in [0.4, 0.5) is 0 Å². The maximum absolute atomic E-state index is 6.03. The first-order chi connectivity index (χ1) is 6.15. The largest absolute Gasteiger partial charge is 0.493 e. The molecular formula is C10H12ClIO. The van der Waals surface area contributed by atoms with E-state index in [0.29, 0.717) is 0 Å². The van der Waals surface area contributed by atoms with Crippen LogP contribution in [0, 0.1) is 13.8 Å². The average molecular weight is 311 g/mol. The van der Waals surface area contributed by atoms with Crippen LogP contribution in [0.25, 0.3) is 0 Å². The summed E-state index contributed by atoms with van der Waals surface area (Å²) in [6, 6.07) is 3.95. The van der Waals surface area contributed by atoms with Gasteiger partial charge >= 0.3 is 0 Å². The Morgan fingerprint density at radius 3 is 2.31 bits per heavy atom. The van der Waals surface area contributed by atoms with Crippen LogP contribution in [0.3, 0.4) is 0 Å². The minimum atomic E-state index is 0.751. The van der Waals surface area contributed by atoms with Gasteiger partial charge in [-0.1, -0.05) is 34.2 Å². The van der Waals surface area contributed by atoms with E-state index in [2.05, 4.69) is 22.6 Å². The molecule has 0 aliphatic carbocycles. The number of benzene rings is 1.